The highest BCUT2D eigenvalue weighted by Gasteiger charge is 2.30. The van der Waals surface area contributed by atoms with E-state index in [0.717, 1.165) is 10.6 Å². The monoisotopic (exact) mass is 375 g/mol. The van der Waals surface area contributed by atoms with Crippen molar-refractivity contribution in [2.24, 2.45) is 0 Å². The third-order valence-electron chi connectivity index (χ3n) is 3.62. The molecule has 0 aliphatic carbocycles. The molecule has 1 aliphatic heterocycles. The van der Waals surface area contributed by atoms with Crippen LogP contribution < -0.4 is 10.6 Å². The van der Waals surface area contributed by atoms with Gasteiger partial charge in [0, 0.05) is 11.0 Å². The van der Waals surface area contributed by atoms with E-state index in [9.17, 15) is 14.4 Å². The second-order valence-corrected chi connectivity index (χ2v) is 6.98. The summed E-state index contributed by atoms with van der Waals surface area (Å²) in [6, 6.07) is 8.90. The summed E-state index contributed by atoms with van der Waals surface area (Å²) in [5.41, 5.74) is 0.725. The molecule has 9 heteroatoms. The number of hydrogen-bond acceptors (Lipinski definition) is 7. The van der Waals surface area contributed by atoms with Crippen LogP contribution in [-0.4, -0.2) is 34.3 Å². The molecule has 0 bridgehead atoms. The van der Waals surface area contributed by atoms with Crippen molar-refractivity contribution >= 4 is 41.1 Å². The molecule has 0 saturated heterocycles. The Hall–Kier alpha value is -2.81. The van der Waals surface area contributed by atoms with Crippen LogP contribution in [0.2, 0.25) is 0 Å². The smallest absolute Gasteiger partial charge is 0.308 e. The van der Waals surface area contributed by atoms with Crippen LogP contribution in [0.5, 0.6) is 0 Å². The number of hydrogen-bond donors (Lipinski definition) is 2. The zero-order chi connectivity index (χ0) is 18.7. The Bertz CT molecular complexity index is 850. The van der Waals surface area contributed by atoms with Crippen LogP contribution in [0.25, 0.3) is 0 Å². The fraction of sp³-hybridized carbons (Fsp3) is 0.294. The summed E-state index contributed by atoms with van der Waals surface area (Å²) < 4.78 is 9.98. The number of fused-ring (bicyclic) bond motifs is 1. The summed E-state index contributed by atoms with van der Waals surface area (Å²) in [5, 5.41) is 8.28. The fourth-order valence-corrected chi connectivity index (χ4v) is 3.43. The number of carbonyl (C=O) groups excluding carboxylic acids is 3. The molecule has 0 unspecified atom stereocenters. The van der Waals surface area contributed by atoms with Crippen molar-refractivity contribution in [1.29, 1.82) is 0 Å². The number of ether oxygens (including phenoxy) is 1. The summed E-state index contributed by atoms with van der Waals surface area (Å²) in [5.74, 6) is -0.630. The Labute approximate surface area is 153 Å². The number of benzene rings is 1. The first-order valence-electron chi connectivity index (χ1n) is 7.92. The van der Waals surface area contributed by atoms with Gasteiger partial charge in [-0.1, -0.05) is 17.3 Å². The maximum atomic E-state index is 12.1. The molecule has 1 aromatic carbocycles. The normalized spacial score (nSPS) is 17.0. The van der Waals surface area contributed by atoms with Crippen LogP contribution in [0.4, 0.5) is 11.5 Å². The average molecular weight is 375 g/mol. The third kappa shape index (κ3) is 4.23. The first-order chi connectivity index (χ1) is 12.4. The van der Waals surface area contributed by atoms with E-state index in [0.29, 0.717) is 5.76 Å². The quantitative estimate of drug-likeness (QED) is 0.772. The number of rotatable bonds is 5. The lowest BCUT2D eigenvalue weighted by Crippen LogP contribution is -2.34. The first-order valence-corrected chi connectivity index (χ1v) is 8.80. The predicted molar refractivity (Wildman–Crippen MR) is 94.8 cm³/mol. The number of thioether (sulfide) groups is 1. The number of aromatic nitrogens is 1. The molecule has 1 aromatic heterocycles. The second kappa shape index (κ2) is 7.61. The van der Waals surface area contributed by atoms with Gasteiger partial charge in [-0.05, 0) is 26.0 Å². The molecule has 0 fully saturated rings. The fourth-order valence-electron chi connectivity index (χ4n) is 2.33. The standard InChI is InChI=1S/C17H17N3O5S/c1-9-7-14(20-25-9)19-16(22)10(2)24-15(21)8-13-17(23)18-11-5-3-4-6-12(11)26-13/h3-7,10,13H,8H2,1-2H3,(H,18,23)(H,19,20,22)/t10-,13+/m1/s1. The van der Waals surface area contributed by atoms with Crippen molar-refractivity contribution in [3.05, 3.63) is 36.1 Å². The van der Waals surface area contributed by atoms with E-state index in [2.05, 4.69) is 15.8 Å². The number of amides is 2. The molecule has 2 heterocycles. The first kappa shape index (κ1) is 18.0. The number of anilines is 2. The molecule has 0 spiro atoms. The van der Waals surface area contributed by atoms with E-state index in [1.54, 1.807) is 19.1 Å². The van der Waals surface area contributed by atoms with Gasteiger partial charge in [0.05, 0.1) is 17.4 Å². The zero-order valence-corrected chi connectivity index (χ0v) is 15.0. The van der Waals surface area contributed by atoms with E-state index >= 15 is 0 Å². The van der Waals surface area contributed by atoms with Crippen molar-refractivity contribution in [3.63, 3.8) is 0 Å². The number of esters is 1. The second-order valence-electron chi connectivity index (χ2n) is 5.74. The Morgan fingerprint density at radius 3 is 2.92 bits per heavy atom. The molecule has 2 amide bonds. The van der Waals surface area contributed by atoms with Crippen LogP contribution >= 0.6 is 11.8 Å². The van der Waals surface area contributed by atoms with Crippen LogP contribution in [0.15, 0.2) is 39.8 Å². The van der Waals surface area contributed by atoms with Crippen LogP contribution in [-0.2, 0) is 19.1 Å². The molecule has 2 N–H and O–H groups in total. The van der Waals surface area contributed by atoms with Gasteiger partial charge in [-0.15, -0.1) is 11.8 Å². The summed E-state index contributed by atoms with van der Waals surface area (Å²) >= 11 is 1.30. The highest BCUT2D eigenvalue weighted by molar-refractivity contribution is 8.01. The molecule has 26 heavy (non-hydrogen) atoms. The molecular weight excluding hydrogens is 358 g/mol. The van der Waals surface area contributed by atoms with Gasteiger partial charge in [-0.25, -0.2) is 0 Å². The van der Waals surface area contributed by atoms with Crippen molar-refractivity contribution in [3.8, 4) is 0 Å². The maximum Gasteiger partial charge on any atom is 0.308 e. The molecule has 0 radical (unpaired) electrons. The molecule has 8 nitrogen and oxygen atoms in total. The Balaban J connectivity index is 1.53. The third-order valence-corrected chi connectivity index (χ3v) is 4.89. The minimum Gasteiger partial charge on any atom is -0.452 e. The Kier molecular flexibility index (Phi) is 5.27. The van der Waals surface area contributed by atoms with Crippen molar-refractivity contribution in [2.75, 3.05) is 10.6 Å². The average Bonchev–Trinajstić information content (AvgIpc) is 3.00. The lowest BCUT2D eigenvalue weighted by atomic mass is 10.2. The SMILES string of the molecule is Cc1cc(NC(=O)[C@@H](C)OC(=O)C[C@@H]2Sc3ccccc3NC2=O)no1. The highest BCUT2D eigenvalue weighted by atomic mass is 32.2. The van der Waals surface area contributed by atoms with Crippen molar-refractivity contribution < 1.29 is 23.6 Å². The molecular formula is C17H17N3O5S. The van der Waals surface area contributed by atoms with Gasteiger partial charge in [-0.2, -0.15) is 0 Å². The van der Waals surface area contributed by atoms with Crippen molar-refractivity contribution in [2.45, 2.75) is 36.5 Å². The number of aryl methyl sites for hydroxylation is 1. The zero-order valence-electron chi connectivity index (χ0n) is 14.1. The van der Waals surface area contributed by atoms with Crippen molar-refractivity contribution in [1.82, 2.24) is 5.16 Å². The lowest BCUT2D eigenvalue weighted by molar-refractivity contribution is -0.153. The van der Waals surface area contributed by atoms with Gasteiger partial charge in [0.25, 0.3) is 5.91 Å². The minimum absolute atomic E-state index is 0.133. The Morgan fingerprint density at radius 1 is 1.42 bits per heavy atom. The molecule has 1 aliphatic rings. The summed E-state index contributed by atoms with van der Waals surface area (Å²) in [6.07, 6.45) is -1.16. The summed E-state index contributed by atoms with van der Waals surface area (Å²) in [4.78, 5) is 37.1. The maximum absolute atomic E-state index is 12.1. The topological polar surface area (TPSA) is 111 Å². The van der Waals surface area contributed by atoms with Gasteiger partial charge < -0.3 is 19.9 Å². The van der Waals surface area contributed by atoms with E-state index in [4.69, 9.17) is 9.26 Å². The Morgan fingerprint density at radius 2 is 2.19 bits per heavy atom. The minimum atomic E-state index is -1.02. The van der Waals surface area contributed by atoms with E-state index in [1.807, 2.05) is 18.2 Å². The number of nitrogens with zero attached hydrogens (tertiary/aromatic N) is 1. The van der Waals surface area contributed by atoms with Gasteiger partial charge in [0.2, 0.25) is 5.91 Å². The molecule has 136 valence electrons. The summed E-state index contributed by atoms with van der Waals surface area (Å²) in [7, 11) is 0. The molecule has 2 atom stereocenters. The van der Waals surface area contributed by atoms with Gasteiger partial charge in [-0.3, -0.25) is 14.4 Å². The molecule has 0 saturated carbocycles. The number of nitrogens with one attached hydrogen (secondary N) is 2. The highest BCUT2D eigenvalue weighted by Crippen LogP contribution is 2.36. The van der Waals surface area contributed by atoms with E-state index in [1.165, 1.54) is 18.7 Å². The molecule has 3 rings (SSSR count). The van der Waals surface area contributed by atoms with Crippen LogP contribution in [0, 0.1) is 6.92 Å². The molecule has 2 aromatic rings. The van der Waals surface area contributed by atoms with Gasteiger partial charge >= 0.3 is 5.97 Å². The van der Waals surface area contributed by atoms with E-state index in [-0.39, 0.29) is 18.1 Å². The largest absolute Gasteiger partial charge is 0.452 e. The van der Waals surface area contributed by atoms with Gasteiger partial charge in [0.15, 0.2) is 11.9 Å². The summed E-state index contributed by atoms with van der Waals surface area (Å²) in [6.45, 7) is 3.14. The lowest BCUT2D eigenvalue weighted by Gasteiger charge is -2.23. The van der Waals surface area contributed by atoms with Crippen LogP contribution in [0.3, 0.4) is 0 Å². The predicted octanol–water partition coefficient (Wildman–Crippen LogP) is 2.36. The van der Waals surface area contributed by atoms with E-state index < -0.39 is 23.2 Å². The van der Waals surface area contributed by atoms with Gasteiger partial charge in [0.1, 0.15) is 5.76 Å². The van der Waals surface area contributed by atoms with Crippen LogP contribution in [0.1, 0.15) is 19.1 Å². The number of para-hydroxylation sites is 1. The number of carbonyl (C=O) groups is 3.